The number of sulfonamides is 1. The van der Waals surface area contributed by atoms with Gasteiger partial charge in [-0.25, -0.2) is 13.1 Å². The summed E-state index contributed by atoms with van der Waals surface area (Å²) in [6, 6.07) is 12.5. The highest BCUT2D eigenvalue weighted by molar-refractivity contribution is 7.91. The minimum absolute atomic E-state index is 0.0279. The lowest BCUT2D eigenvalue weighted by Crippen LogP contribution is -2.44. The molecule has 2 heterocycles. The molecule has 7 nitrogen and oxygen atoms in total. The van der Waals surface area contributed by atoms with Crippen molar-refractivity contribution in [2.24, 2.45) is 5.92 Å². The van der Waals surface area contributed by atoms with Gasteiger partial charge >= 0.3 is 5.97 Å². The minimum atomic E-state index is -3.99. The van der Waals surface area contributed by atoms with Gasteiger partial charge in [0.1, 0.15) is 14.7 Å². The van der Waals surface area contributed by atoms with Crippen molar-refractivity contribution in [3.05, 3.63) is 65.4 Å². The van der Waals surface area contributed by atoms with Crippen LogP contribution in [0.4, 0.5) is 0 Å². The minimum Gasteiger partial charge on any atom is -0.480 e. The van der Waals surface area contributed by atoms with E-state index in [0.29, 0.717) is 16.4 Å². The first kappa shape index (κ1) is 19.1. The van der Waals surface area contributed by atoms with Crippen molar-refractivity contribution in [2.45, 2.75) is 22.6 Å². The predicted octanol–water partition coefficient (Wildman–Crippen LogP) is 2.95. The normalized spacial score (nSPS) is 21.5. The summed E-state index contributed by atoms with van der Waals surface area (Å²) < 4.78 is 29.6. The van der Waals surface area contributed by atoms with Crippen LogP contribution in [0.15, 0.2) is 59.1 Å². The van der Waals surface area contributed by atoms with E-state index in [4.69, 9.17) is 11.6 Å². The van der Waals surface area contributed by atoms with Gasteiger partial charge in [0.15, 0.2) is 0 Å². The van der Waals surface area contributed by atoms with Crippen molar-refractivity contribution in [2.75, 3.05) is 0 Å². The fourth-order valence-electron chi connectivity index (χ4n) is 3.19. The van der Waals surface area contributed by atoms with E-state index in [1.54, 1.807) is 12.3 Å². The van der Waals surface area contributed by atoms with Crippen LogP contribution in [-0.2, 0) is 21.2 Å². The van der Waals surface area contributed by atoms with E-state index in [1.165, 1.54) is 16.9 Å². The molecule has 1 aliphatic carbocycles. The Labute approximate surface area is 170 Å². The summed E-state index contributed by atoms with van der Waals surface area (Å²) in [5.41, 5.74) is -0.503. The van der Waals surface area contributed by atoms with Crippen LogP contribution in [0.25, 0.3) is 5.00 Å². The highest BCUT2D eigenvalue weighted by atomic mass is 35.5. The average Bonchev–Trinajstić information content (AvgIpc) is 3.03. The maximum atomic E-state index is 12.8. The Morgan fingerprint density at radius 2 is 2.07 bits per heavy atom. The predicted molar refractivity (Wildman–Crippen MR) is 105 cm³/mol. The van der Waals surface area contributed by atoms with Crippen molar-refractivity contribution in [1.29, 1.82) is 0 Å². The first-order chi connectivity index (χ1) is 13.3. The largest absolute Gasteiger partial charge is 0.480 e. The molecule has 0 radical (unpaired) electrons. The fraction of sp³-hybridized carbons (Fsp3) is 0.222. The number of benzene rings is 1. The number of carboxylic acids is 1. The lowest BCUT2D eigenvalue weighted by atomic mass is 10.1. The summed E-state index contributed by atoms with van der Waals surface area (Å²) in [7, 11) is -3.99. The zero-order valence-corrected chi connectivity index (χ0v) is 16.8. The SMILES string of the molecule is O=C(O)[C@]1(NS(=O)(=O)c2ccc(-n3cc(Cl)cn3)s2)C[C@@H]1Cc1ccccc1. The molecular formula is C18H16ClN3O4S2. The van der Waals surface area contributed by atoms with Crippen LogP contribution < -0.4 is 4.72 Å². The van der Waals surface area contributed by atoms with E-state index in [1.807, 2.05) is 30.3 Å². The molecule has 1 fully saturated rings. The first-order valence-electron chi connectivity index (χ1n) is 8.42. The number of aliphatic carboxylic acids is 1. The van der Waals surface area contributed by atoms with Crippen LogP contribution in [0, 0.1) is 5.92 Å². The Morgan fingerprint density at radius 3 is 2.71 bits per heavy atom. The van der Waals surface area contributed by atoms with Gasteiger partial charge in [-0.1, -0.05) is 41.9 Å². The summed E-state index contributed by atoms with van der Waals surface area (Å²) in [5, 5.41) is 14.7. The third-order valence-electron chi connectivity index (χ3n) is 4.74. The molecule has 0 aliphatic heterocycles. The number of rotatable bonds is 7. The van der Waals surface area contributed by atoms with Gasteiger partial charge in [0.05, 0.1) is 17.4 Å². The molecule has 0 bridgehead atoms. The van der Waals surface area contributed by atoms with Crippen molar-refractivity contribution in [3.63, 3.8) is 0 Å². The zero-order valence-electron chi connectivity index (χ0n) is 14.4. The second-order valence-electron chi connectivity index (χ2n) is 6.67. The van der Waals surface area contributed by atoms with E-state index >= 15 is 0 Å². The van der Waals surface area contributed by atoms with Crippen molar-refractivity contribution in [3.8, 4) is 5.00 Å². The topological polar surface area (TPSA) is 101 Å². The highest BCUT2D eigenvalue weighted by Gasteiger charge is 2.62. The third-order valence-corrected chi connectivity index (χ3v) is 8.01. The number of nitrogens with zero attached hydrogens (tertiary/aromatic N) is 2. The van der Waals surface area contributed by atoms with E-state index in [9.17, 15) is 18.3 Å². The molecule has 2 N–H and O–H groups in total. The Kier molecular flexibility index (Phi) is 4.78. The number of aromatic nitrogens is 2. The lowest BCUT2D eigenvalue weighted by molar-refractivity contribution is -0.140. The van der Waals surface area contributed by atoms with Gasteiger partial charge in [0.2, 0.25) is 0 Å². The molecule has 0 amide bonds. The number of thiophene rings is 1. The molecule has 4 rings (SSSR count). The van der Waals surface area contributed by atoms with Gasteiger partial charge in [-0.3, -0.25) is 4.79 Å². The maximum Gasteiger partial charge on any atom is 0.325 e. The molecule has 1 aromatic carbocycles. The van der Waals surface area contributed by atoms with Crippen molar-refractivity contribution >= 4 is 38.9 Å². The van der Waals surface area contributed by atoms with Crippen molar-refractivity contribution in [1.82, 2.24) is 14.5 Å². The number of nitrogens with one attached hydrogen (secondary N) is 1. The summed E-state index contributed by atoms with van der Waals surface area (Å²) >= 11 is 6.84. The smallest absolute Gasteiger partial charge is 0.325 e. The molecule has 3 aromatic rings. The Hall–Kier alpha value is -2.20. The summed E-state index contributed by atoms with van der Waals surface area (Å²) in [5.74, 6) is -1.46. The average molecular weight is 438 g/mol. The molecule has 146 valence electrons. The molecule has 0 saturated heterocycles. The summed E-state index contributed by atoms with van der Waals surface area (Å²) in [6.07, 6.45) is 3.76. The van der Waals surface area contributed by atoms with E-state index < -0.39 is 21.5 Å². The maximum absolute atomic E-state index is 12.8. The van der Waals surface area contributed by atoms with Crippen LogP contribution >= 0.6 is 22.9 Å². The number of halogens is 1. The van der Waals surface area contributed by atoms with Gasteiger partial charge in [0, 0.05) is 0 Å². The van der Waals surface area contributed by atoms with E-state index in [2.05, 4.69) is 9.82 Å². The molecule has 0 spiro atoms. The lowest BCUT2D eigenvalue weighted by Gasteiger charge is -2.14. The van der Waals surface area contributed by atoms with Gasteiger partial charge in [-0.15, -0.1) is 11.3 Å². The van der Waals surface area contributed by atoms with Crippen LogP contribution in [0.3, 0.4) is 0 Å². The summed E-state index contributed by atoms with van der Waals surface area (Å²) in [6.45, 7) is 0. The molecule has 1 aliphatic rings. The molecular weight excluding hydrogens is 422 g/mol. The second-order valence-corrected chi connectivity index (χ2v) is 10.1. The van der Waals surface area contributed by atoms with Crippen LogP contribution in [0.1, 0.15) is 12.0 Å². The fourth-order valence-corrected chi connectivity index (χ4v) is 5.99. The van der Waals surface area contributed by atoms with Crippen LogP contribution in [-0.4, -0.2) is 34.8 Å². The molecule has 1 saturated carbocycles. The van der Waals surface area contributed by atoms with Gasteiger partial charge in [-0.2, -0.15) is 9.82 Å². The number of hydrogen-bond donors (Lipinski definition) is 2. The molecule has 10 heteroatoms. The number of carbonyl (C=O) groups is 1. The Morgan fingerprint density at radius 1 is 1.32 bits per heavy atom. The first-order valence-corrected chi connectivity index (χ1v) is 11.1. The van der Waals surface area contributed by atoms with Crippen LogP contribution in [0.5, 0.6) is 0 Å². The van der Waals surface area contributed by atoms with Crippen molar-refractivity contribution < 1.29 is 18.3 Å². The molecule has 0 unspecified atom stereocenters. The monoisotopic (exact) mass is 437 g/mol. The zero-order chi connectivity index (χ0) is 19.9. The van der Waals surface area contributed by atoms with Gasteiger partial charge in [-0.05, 0) is 36.5 Å². The standard InChI is InChI=1S/C18H16ClN3O4S2/c19-14-10-20-22(11-14)15-6-7-16(27-15)28(25,26)21-18(17(23)24)9-13(18)8-12-4-2-1-3-5-12/h1-7,10-11,13,21H,8-9H2,(H,23,24)/t13-,18-/m0/s1. The number of carboxylic acid groups (broad SMARTS) is 1. The molecule has 2 aromatic heterocycles. The van der Waals surface area contributed by atoms with Gasteiger partial charge in [0.25, 0.3) is 10.0 Å². The molecule has 28 heavy (non-hydrogen) atoms. The Bertz CT molecular complexity index is 1130. The van der Waals surface area contributed by atoms with E-state index in [-0.39, 0.29) is 16.5 Å². The van der Waals surface area contributed by atoms with Crippen LogP contribution in [0.2, 0.25) is 5.02 Å². The van der Waals surface area contributed by atoms with Gasteiger partial charge < -0.3 is 5.11 Å². The second kappa shape index (κ2) is 7.00. The third kappa shape index (κ3) is 3.58. The van der Waals surface area contributed by atoms with E-state index in [0.717, 1.165) is 16.9 Å². The number of hydrogen-bond acceptors (Lipinski definition) is 5. The highest BCUT2D eigenvalue weighted by Crippen LogP contribution is 2.47. The summed E-state index contributed by atoms with van der Waals surface area (Å²) in [4.78, 5) is 11.9. The Balaban J connectivity index is 1.54. The quantitative estimate of drug-likeness (QED) is 0.591. The molecule has 2 atom stereocenters.